The van der Waals surface area contributed by atoms with Crippen molar-refractivity contribution in [3.8, 4) is 5.75 Å². The van der Waals surface area contributed by atoms with E-state index in [-0.39, 0.29) is 12.1 Å². The molecule has 0 fully saturated rings. The molecule has 0 aliphatic heterocycles. The van der Waals surface area contributed by atoms with Gasteiger partial charge in [-0.15, -0.1) is 11.3 Å². The van der Waals surface area contributed by atoms with E-state index < -0.39 is 0 Å². The molecule has 2 aromatic rings. The summed E-state index contributed by atoms with van der Waals surface area (Å²) in [5.74, 6) is 0.762. The minimum Gasteiger partial charge on any atom is -0.489 e. The molecule has 4 nitrogen and oxygen atoms in total. The predicted octanol–water partition coefficient (Wildman–Crippen LogP) is 2.88. The first kappa shape index (κ1) is 14.0. The normalized spacial score (nSPS) is 12.7. The van der Waals surface area contributed by atoms with Gasteiger partial charge in [-0.25, -0.2) is 4.98 Å². The van der Waals surface area contributed by atoms with Crippen LogP contribution in [0.2, 0.25) is 0 Å². The molecule has 0 aliphatic rings. The molecule has 2 N–H and O–H groups in total. The number of nitrogens with two attached hydrogens (primary N) is 1. The second-order valence-corrected chi connectivity index (χ2v) is 5.76. The first-order valence-electron chi connectivity index (χ1n) is 6.33. The Balaban J connectivity index is 2.08. The number of thiazole rings is 1. The van der Waals surface area contributed by atoms with E-state index >= 15 is 0 Å². The van der Waals surface area contributed by atoms with E-state index in [1.165, 1.54) is 0 Å². The molecule has 0 spiro atoms. The molecule has 0 bridgehead atoms. The van der Waals surface area contributed by atoms with Gasteiger partial charge in [0.2, 0.25) is 0 Å². The van der Waals surface area contributed by atoms with E-state index in [1.54, 1.807) is 23.7 Å². The molecule has 2 heterocycles. The van der Waals surface area contributed by atoms with Crippen molar-refractivity contribution in [2.24, 2.45) is 5.73 Å². The highest BCUT2D eigenvalue weighted by Crippen LogP contribution is 2.21. The van der Waals surface area contributed by atoms with Crippen LogP contribution in [0.15, 0.2) is 23.8 Å². The lowest BCUT2D eigenvalue weighted by Gasteiger charge is -2.13. The van der Waals surface area contributed by atoms with Gasteiger partial charge in [0, 0.05) is 29.7 Å². The molecule has 5 heteroatoms. The van der Waals surface area contributed by atoms with Gasteiger partial charge in [-0.05, 0) is 32.4 Å². The van der Waals surface area contributed by atoms with Crippen LogP contribution in [0.25, 0.3) is 0 Å². The Morgan fingerprint density at radius 1 is 1.37 bits per heavy atom. The largest absolute Gasteiger partial charge is 0.489 e. The molecule has 0 aromatic carbocycles. The first-order valence-corrected chi connectivity index (χ1v) is 7.20. The smallest absolute Gasteiger partial charge is 0.138 e. The molecule has 0 aliphatic carbocycles. The third kappa shape index (κ3) is 4.01. The summed E-state index contributed by atoms with van der Waals surface area (Å²) in [6.45, 7) is 5.97. The highest BCUT2D eigenvalue weighted by Gasteiger charge is 2.11. The van der Waals surface area contributed by atoms with Crippen LogP contribution in [0.4, 0.5) is 0 Å². The molecular formula is C14H19N3OS. The maximum Gasteiger partial charge on any atom is 0.138 e. The second-order valence-electron chi connectivity index (χ2n) is 4.81. The lowest BCUT2D eigenvalue weighted by molar-refractivity contribution is 0.241. The van der Waals surface area contributed by atoms with Crippen molar-refractivity contribution < 1.29 is 4.74 Å². The van der Waals surface area contributed by atoms with Gasteiger partial charge in [-0.3, -0.25) is 4.98 Å². The Morgan fingerprint density at radius 3 is 2.79 bits per heavy atom. The van der Waals surface area contributed by atoms with E-state index in [2.05, 4.69) is 9.97 Å². The molecule has 0 amide bonds. The monoisotopic (exact) mass is 277 g/mol. The van der Waals surface area contributed by atoms with E-state index in [0.29, 0.717) is 0 Å². The van der Waals surface area contributed by atoms with Crippen LogP contribution in [0.3, 0.4) is 0 Å². The average molecular weight is 277 g/mol. The molecule has 2 aromatic heterocycles. The number of nitrogens with zero attached hydrogens (tertiary/aromatic N) is 2. The zero-order chi connectivity index (χ0) is 13.8. The fourth-order valence-corrected chi connectivity index (χ4v) is 2.61. The van der Waals surface area contributed by atoms with Crippen LogP contribution in [0.1, 0.15) is 36.2 Å². The van der Waals surface area contributed by atoms with Crippen molar-refractivity contribution >= 4 is 11.3 Å². The summed E-state index contributed by atoms with van der Waals surface area (Å²) in [6.07, 6.45) is 4.36. The summed E-state index contributed by atoms with van der Waals surface area (Å²) < 4.78 is 5.63. The van der Waals surface area contributed by atoms with Crippen molar-refractivity contribution in [2.75, 3.05) is 0 Å². The number of hydrogen-bond acceptors (Lipinski definition) is 5. The van der Waals surface area contributed by atoms with Crippen LogP contribution in [0, 0.1) is 6.92 Å². The van der Waals surface area contributed by atoms with Crippen LogP contribution >= 0.6 is 11.3 Å². The minimum absolute atomic E-state index is 0.103. The maximum atomic E-state index is 6.21. The van der Waals surface area contributed by atoms with Gasteiger partial charge in [0.15, 0.2) is 0 Å². The summed E-state index contributed by atoms with van der Waals surface area (Å²) in [6, 6.07) is 1.85. The molecule has 19 heavy (non-hydrogen) atoms. The van der Waals surface area contributed by atoms with Gasteiger partial charge >= 0.3 is 0 Å². The Bertz CT molecular complexity index is 539. The highest BCUT2D eigenvalue weighted by atomic mass is 32.1. The third-order valence-corrected chi connectivity index (χ3v) is 3.58. The highest BCUT2D eigenvalue weighted by molar-refractivity contribution is 7.09. The van der Waals surface area contributed by atoms with Gasteiger partial charge in [-0.2, -0.15) is 0 Å². The first-order chi connectivity index (χ1) is 9.04. The summed E-state index contributed by atoms with van der Waals surface area (Å²) >= 11 is 1.64. The van der Waals surface area contributed by atoms with E-state index in [4.69, 9.17) is 10.5 Å². The van der Waals surface area contributed by atoms with Gasteiger partial charge in [-0.1, -0.05) is 0 Å². The number of aryl methyl sites for hydroxylation is 1. The van der Waals surface area contributed by atoms with Gasteiger partial charge in [0.25, 0.3) is 0 Å². The van der Waals surface area contributed by atoms with E-state index in [0.717, 1.165) is 28.4 Å². The second kappa shape index (κ2) is 6.12. The summed E-state index contributed by atoms with van der Waals surface area (Å²) in [5.41, 5.74) is 8.23. The zero-order valence-electron chi connectivity index (χ0n) is 11.5. The fourth-order valence-electron chi connectivity index (χ4n) is 1.78. The van der Waals surface area contributed by atoms with Crippen LogP contribution in [-0.4, -0.2) is 16.1 Å². The van der Waals surface area contributed by atoms with Gasteiger partial charge in [0.1, 0.15) is 5.75 Å². The Kier molecular flexibility index (Phi) is 4.50. The summed E-state index contributed by atoms with van der Waals surface area (Å²) in [4.78, 5) is 8.62. The zero-order valence-corrected chi connectivity index (χ0v) is 12.3. The molecule has 0 radical (unpaired) electrons. The lowest BCUT2D eigenvalue weighted by Crippen LogP contribution is -2.14. The minimum atomic E-state index is -0.103. The molecule has 2 rings (SSSR count). The molecule has 1 atom stereocenters. The average Bonchev–Trinajstić information content (AvgIpc) is 2.74. The summed E-state index contributed by atoms with van der Waals surface area (Å²) in [5, 5.41) is 3.10. The number of hydrogen-bond donors (Lipinski definition) is 1. The van der Waals surface area contributed by atoms with E-state index in [1.807, 2.05) is 32.2 Å². The molecule has 0 saturated heterocycles. The van der Waals surface area contributed by atoms with Crippen LogP contribution in [-0.2, 0) is 6.42 Å². The standard InChI is InChI=1S/C14H19N3OS/c1-9(2)18-12-4-11(6-16-7-12)13(15)5-14-17-10(3)8-19-14/h4,6-9,13H,5,15H2,1-3H3. The van der Waals surface area contributed by atoms with Crippen LogP contribution < -0.4 is 10.5 Å². The Labute approximate surface area is 117 Å². The molecular weight excluding hydrogens is 258 g/mol. The number of ether oxygens (including phenoxy) is 1. The van der Waals surface area contributed by atoms with Crippen LogP contribution in [0.5, 0.6) is 5.75 Å². The van der Waals surface area contributed by atoms with Crippen molar-refractivity contribution in [3.63, 3.8) is 0 Å². The fraction of sp³-hybridized carbons (Fsp3) is 0.429. The van der Waals surface area contributed by atoms with E-state index in [9.17, 15) is 0 Å². The van der Waals surface area contributed by atoms with Crippen molar-refractivity contribution in [1.29, 1.82) is 0 Å². The Hall–Kier alpha value is -1.46. The maximum absolute atomic E-state index is 6.21. The molecule has 0 saturated carbocycles. The number of pyridine rings is 1. The number of aromatic nitrogens is 2. The molecule has 102 valence electrons. The van der Waals surface area contributed by atoms with Crippen molar-refractivity contribution in [2.45, 2.75) is 39.3 Å². The van der Waals surface area contributed by atoms with Gasteiger partial charge < -0.3 is 10.5 Å². The third-order valence-electron chi connectivity index (χ3n) is 2.60. The summed E-state index contributed by atoms with van der Waals surface area (Å²) in [7, 11) is 0. The quantitative estimate of drug-likeness (QED) is 0.913. The predicted molar refractivity (Wildman–Crippen MR) is 77.5 cm³/mol. The number of rotatable bonds is 5. The van der Waals surface area contributed by atoms with Crippen molar-refractivity contribution in [3.05, 3.63) is 40.1 Å². The Morgan fingerprint density at radius 2 is 2.16 bits per heavy atom. The SMILES string of the molecule is Cc1csc(CC(N)c2cncc(OC(C)C)c2)n1. The molecule has 1 unspecified atom stereocenters. The van der Waals surface area contributed by atoms with Crippen molar-refractivity contribution in [1.82, 2.24) is 9.97 Å². The lowest BCUT2D eigenvalue weighted by atomic mass is 10.1. The van der Waals surface area contributed by atoms with Gasteiger partial charge in [0.05, 0.1) is 17.3 Å². The topological polar surface area (TPSA) is 61.0 Å².